The van der Waals surface area contributed by atoms with Gasteiger partial charge in [0.2, 0.25) is 0 Å². The molecule has 104 valence electrons. The van der Waals surface area contributed by atoms with Crippen LogP contribution in [0, 0.1) is 6.92 Å². The summed E-state index contributed by atoms with van der Waals surface area (Å²) in [5, 5.41) is 0. The summed E-state index contributed by atoms with van der Waals surface area (Å²) >= 11 is 0. The van der Waals surface area contributed by atoms with E-state index in [9.17, 15) is 4.79 Å². The summed E-state index contributed by atoms with van der Waals surface area (Å²) in [5.41, 5.74) is 2.16. The molecule has 0 aliphatic carbocycles. The van der Waals surface area contributed by atoms with Crippen LogP contribution in [-0.2, 0) is 0 Å². The predicted molar refractivity (Wildman–Crippen MR) is 78.7 cm³/mol. The highest BCUT2D eigenvalue weighted by molar-refractivity contribution is 5.91. The Bertz CT molecular complexity index is 422. The van der Waals surface area contributed by atoms with Crippen LogP contribution in [-0.4, -0.2) is 55.6 Å². The van der Waals surface area contributed by atoms with Crippen molar-refractivity contribution in [3.8, 4) is 0 Å². The quantitative estimate of drug-likeness (QED) is 0.816. The van der Waals surface area contributed by atoms with Crippen LogP contribution >= 0.6 is 0 Å². The van der Waals surface area contributed by atoms with Gasteiger partial charge in [-0.3, -0.25) is 4.90 Å². The smallest absolute Gasteiger partial charge is 0.322 e. The molecule has 19 heavy (non-hydrogen) atoms. The van der Waals surface area contributed by atoms with Gasteiger partial charge in [0.15, 0.2) is 0 Å². The third kappa shape index (κ3) is 3.26. The molecule has 2 amide bonds. The van der Waals surface area contributed by atoms with Crippen LogP contribution in [0.2, 0.25) is 0 Å². The van der Waals surface area contributed by atoms with E-state index in [0.717, 1.165) is 38.4 Å². The third-order valence-electron chi connectivity index (χ3n) is 3.80. The van der Waals surface area contributed by atoms with Crippen molar-refractivity contribution in [2.75, 3.05) is 44.7 Å². The van der Waals surface area contributed by atoms with Crippen LogP contribution in [0.5, 0.6) is 0 Å². The van der Waals surface area contributed by atoms with Gasteiger partial charge in [0.25, 0.3) is 0 Å². The van der Waals surface area contributed by atoms with Crippen molar-refractivity contribution in [1.82, 2.24) is 9.80 Å². The van der Waals surface area contributed by atoms with Crippen molar-refractivity contribution < 1.29 is 4.79 Å². The molecule has 4 heteroatoms. The van der Waals surface area contributed by atoms with Crippen LogP contribution in [0.3, 0.4) is 0 Å². The summed E-state index contributed by atoms with van der Waals surface area (Å²) in [5.74, 6) is 0. The molecule has 1 heterocycles. The molecule has 0 saturated carbocycles. The Labute approximate surface area is 115 Å². The lowest BCUT2D eigenvalue weighted by molar-refractivity contribution is 0.148. The molecule has 0 spiro atoms. The molecule has 1 fully saturated rings. The molecule has 2 rings (SSSR count). The van der Waals surface area contributed by atoms with E-state index in [1.165, 1.54) is 5.56 Å². The summed E-state index contributed by atoms with van der Waals surface area (Å²) in [4.78, 5) is 18.5. The molecule has 0 atom stereocenters. The predicted octanol–water partition coefficient (Wildman–Crippen LogP) is 2.19. The first-order valence-electron chi connectivity index (χ1n) is 6.93. The lowest BCUT2D eigenvalue weighted by Crippen LogP contribution is -2.52. The zero-order chi connectivity index (χ0) is 13.8. The first-order chi connectivity index (χ1) is 9.11. The Morgan fingerprint density at radius 3 is 2.26 bits per heavy atom. The minimum Gasteiger partial charge on any atom is -0.322 e. The second-order valence-electron chi connectivity index (χ2n) is 5.10. The fourth-order valence-electron chi connectivity index (χ4n) is 2.35. The number of piperazine rings is 1. The zero-order valence-electron chi connectivity index (χ0n) is 12.1. The molecular formula is C15H23N3O. The normalized spacial score (nSPS) is 16.5. The van der Waals surface area contributed by atoms with Crippen molar-refractivity contribution in [2.24, 2.45) is 0 Å². The molecule has 0 N–H and O–H groups in total. The highest BCUT2D eigenvalue weighted by Crippen LogP contribution is 2.16. The third-order valence-corrected chi connectivity index (χ3v) is 3.80. The maximum atomic E-state index is 12.4. The number of benzene rings is 1. The molecule has 1 saturated heterocycles. The summed E-state index contributed by atoms with van der Waals surface area (Å²) in [6.45, 7) is 8.88. The number of carbonyl (C=O) groups excluding carboxylic acids is 1. The van der Waals surface area contributed by atoms with Crippen LogP contribution in [0.4, 0.5) is 10.5 Å². The lowest BCUT2D eigenvalue weighted by Gasteiger charge is -2.36. The molecule has 0 radical (unpaired) electrons. The molecule has 0 aromatic heterocycles. The topological polar surface area (TPSA) is 26.8 Å². The van der Waals surface area contributed by atoms with E-state index in [1.807, 2.05) is 36.2 Å². The SMILES string of the molecule is CCN1CCN(C(=O)N(C)c2ccc(C)cc2)CC1. The van der Waals surface area contributed by atoms with Crippen LogP contribution in [0.15, 0.2) is 24.3 Å². The lowest BCUT2D eigenvalue weighted by atomic mass is 10.2. The van der Waals surface area contributed by atoms with Crippen LogP contribution < -0.4 is 4.90 Å². The number of likely N-dealkylation sites (N-methyl/N-ethyl adjacent to an activating group) is 1. The first-order valence-corrected chi connectivity index (χ1v) is 6.93. The molecule has 1 aromatic rings. The Hall–Kier alpha value is -1.55. The largest absolute Gasteiger partial charge is 0.324 e. The van der Waals surface area contributed by atoms with Crippen molar-refractivity contribution in [3.05, 3.63) is 29.8 Å². The summed E-state index contributed by atoms with van der Waals surface area (Å²) < 4.78 is 0. The maximum Gasteiger partial charge on any atom is 0.324 e. The second kappa shape index (κ2) is 6.06. The molecule has 1 aliphatic heterocycles. The Balaban J connectivity index is 1.98. The number of amides is 2. The summed E-state index contributed by atoms with van der Waals surface area (Å²) in [7, 11) is 1.85. The minimum atomic E-state index is 0.0969. The average molecular weight is 261 g/mol. The molecular weight excluding hydrogens is 238 g/mol. The van der Waals surface area contributed by atoms with E-state index >= 15 is 0 Å². The van der Waals surface area contributed by atoms with Gasteiger partial charge in [0.05, 0.1) is 0 Å². The fraction of sp³-hybridized carbons (Fsp3) is 0.533. The van der Waals surface area contributed by atoms with Crippen LogP contribution in [0.1, 0.15) is 12.5 Å². The van der Waals surface area contributed by atoms with Gasteiger partial charge in [0, 0.05) is 38.9 Å². The number of aryl methyl sites for hydroxylation is 1. The fourth-order valence-corrected chi connectivity index (χ4v) is 2.35. The number of rotatable bonds is 2. The van der Waals surface area contributed by atoms with Crippen molar-refractivity contribution in [1.29, 1.82) is 0 Å². The van der Waals surface area contributed by atoms with E-state index in [4.69, 9.17) is 0 Å². The number of anilines is 1. The molecule has 0 bridgehead atoms. The van der Waals surface area contributed by atoms with Gasteiger partial charge in [-0.2, -0.15) is 0 Å². The van der Waals surface area contributed by atoms with Gasteiger partial charge < -0.3 is 9.80 Å². The van der Waals surface area contributed by atoms with E-state index < -0.39 is 0 Å². The number of urea groups is 1. The van der Waals surface area contributed by atoms with E-state index in [-0.39, 0.29) is 6.03 Å². The van der Waals surface area contributed by atoms with Crippen LogP contribution in [0.25, 0.3) is 0 Å². The monoisotopic (exact) mass is 261 g/mol. The highest BCUT2D eigenvalue weighted by Gasteiger charge is 2.23. The Morgan fingerprint density at radius 1 is 1.16 bits per heavy atom. The standard InChI is InChI=1S/C15H23N3O/c1-4-17-9-11-18(12-10-17)15(19)16(3)14-7-5-13(2)6-8-14/h5-8H,4,9-12H2,1-3H3. The number of hydrogen-bond donors (Lipinski definition) is 0. The molecule has 4 nitrogen and oxygen atoms in total. The number of hydrogen-bond acceptors (Lipinski definition) is 2. The summed E-state index contributed by atoms with van der Waals surface area (Å²) in [6.07, 6.45) is 0. The minimum absolute atomic E-state index is 0.0969. The van der Waals surface area contributed by atoms with Gasteiger partial charge in [-0.05, 0) is 25.6 Å². The highest BCUT2D eigenvalue weighted by atomic mass is 16.2. The maximum absolute atomic E-state index is 12.4. The summed E-state index contributed by atoms with van der Waals surface area (Å²) in [6, 6.07) is 8.16. The number of nitrogens with zero attached hydrogens (tertiary/aromatic N) is 3. The van der Waals surface area contributed by atoms with Crippen molar-refractivity contribution in [2.45, 2.75) is 13.8 Å². The van der Waals surface area contributed by atoms with Gasteiger partial charge in [-0.1, -0.05) is 24.6 Å². The van der Waals surface area contributed by atoms with E-state index in [2.05, 4.69) is 18.7 Å². The Morgan fingerprint density at radius 2 is 1.74 bits per heavy atom. The van der Waals surface area contributed by atoms with E-state index in [1.54, 1.807) is 4.90 Å². The molecule has 1 aliphatic rings. The first kappa shape index (κ1) is 13.9. The van der Waals surface area contributed by atoms with E-state index in [0.29, 0.717) is 0 Å². The van der Waals surface area contributed by atoms with Crippen molar-refractivity contribution >= 4 is 11.7 Å². The molecule has 1 aromatic carbocycles. The zero-order valence-corrected chi connectivity index (χ0v) is 12.1. The second-order valence-corrected chi connectivity index (χ2v) is 5.10. The van der Waals surface area contributed by atoms with Crippen molar-refractivity contribution in [3.63, 3.8) is 0 Å². The van der Waals surface area contributed by atoms with Gasteiger partial charge in [-0.15, -0.1) is 0 Å². The van der Waals surface area contributed by atoms with Gasteiger partial charge in [-0.25, -0.2) is 4.79 Å². The Kier molecular flexibility index (Phi) is 4.43. The van der Waals surface area contributed by atoms with Gasteiger partial charge >= 0.3 is 6.03 Å². The number of carbonyl (C=O) groups is 1. The van der Waals surface area contributed by atoms with Gasteiger partial charge in [0.1, 0.15) is 0 Å². The average Bonchev–Trinajstić information content (AvgIpc) is 2.46. The molecule has 0 unspecified atom stereocenters.